The molecule has 2 fully saturated rings. The largest absolute Gasteiger partial charge is 0.467 e. The smallest absolute Gasteiger partial charge is 0.268 e. The Morgan fingerprint density at radius 2 is 2.14 bits per heavy atom. The molecule has 0 bridgehead atoms. The third-order valence-corrected chi connectivity index (χ3v) is 4.58. The van der Waals surface area contributed by atoms with Crippen molar-refractivity contribution in [2.75, 3.05) is 26.2 Å². The zero-order valence-electron chi connectivity index (χ0n) is 12.4. The summed E-state index contributed by atoms with van der Waals surface area (Å²) in [5, 5.41) is 0. The molecule has 1 aromatic heterocycles. The Kier molecular flexibility index (Phi) is 4.57. The van der Waals surface area contributed by atoms with Crippen LogP contribution in [0.4, 0.5) is 0 Å². The van der Waals surface area contributed by atoms with E-state index in [9.17, 15) is 4.79 Å². The second kappa shape index (κ2) is 6.60. The lowest BCUT2D eigenvalue weighted by Crippen LogP contribution is -2.40. The number of nitrogens with one attached hydrogen (secondary N) is 1. The molecular formula is C15H24N4O2. The lowest BCUT2D eigenvalue weighted by atomic mass is 10.1. The number of furan rings is 1. The Balaban J connectivity index is 1.52. The predicted molar refractivity (Wildman–Crippen MR) is 79.5 cm³/mol. The second-order valence-corrected chi connectivity index (χ2v) is 6.05. The molecule has 0 aliphatic carbocycles. The molecule has 3 N–H and O–H groups in total. The fourth-order valence-electron chi connectivity index (χ4n) is 3.42. The molecule has 6 heteroatoms. The van der Waals surface area contributed by atoms with Crippen LogP contribution in [-0.2, 0) is 6.54 Å². The number of nitrogens with zero attached hydrogens (tertiary/aromatic N) is 2. The highest BCUT2D eigenvalue weighted by Gasteiger charge is 2.28. The van der Waals surface area contributed by atoms with Gasteiger partial charge in [-0.25, -0.2) is 5.84 Å². The van der Waals surface area contributed by atoms with Crippen LogP contribution in [0.3, 0.4) is 0 Å². The van der Waals surface area contributed by atoms with Crippen LogP contribution in [0.1, 0.15) is 41.8 Å². The summed E-state index contributed by atoms with van der Waals surface area (Å²) in [6.07, 6.45) is 6.76. The number of carbonyl (C=O) groups is 1. The van der Waals surface area contributed by atoms with E-state index in [2.05, 4.69) is 15.2 Å². The number of hydrogen-bond acceptors (Lipinski definition) is 5. The van der Waals surface area contributed by atoms with Crippen molar-refractivity contribution >= 4 is 5.91 Å². The van der Waals surface area contributed by atoms with Crippen LogP contribution in [-0.4, -0.2) is 47.9 Å². The Labute approximate surface area is 125 Å². The molecule has 1 aromatic rings. The molecule has 0 radical (unpaired) electrons. The molecule has 21 heavy (non-hydrogen) atoms. The number of hydrogen-bond donors (Lipinski definition) is 2. The standard InChI is InChI=1S/C15H24N4O2/c16-17-15(20)12-8-14(21-11-12)10-18-7-4-13(9-18)19-5-2-1-3-6-19/h8,11,13H,1-7,9-10,16H2,(H,17,20). The van der Waals surface area contributed by atoms with Gasteiger partial charge in [-0.2, -0.15) is 0 Å². The summed E-state index contributed by atoms with van der Waals surface area (Å²) in [6.45, 7) is 5.46. The molecule has 2 aliphatic rings. The Hall–Kier alpha value is -1.37. The highest BCUT2D eigenvalue weighted by Crippen LogP contribution is 2.22. The van der Waals surface area contributed by atoms with Crippen molar-refractivity contribution in [1.82, 2.24) is 15.2 Å². The summed E-state index contributed by atoms with van der Waals surface area (Å²) in [6, 6.07) is 2.46. The summed E-state index contributed by atoms with van der Waals surface area (Å²) < 4.78 is 5.46. The fraction of sp³-hybridized carbons (Fsp3) is 0.667. The molecule has 2 saturated heterocycles. The van der Waals surface area contributed by atoms with Crippen molar-refractivity contribution in [1.29, 1.82) is 0 Å². The van der Waals surface area contributed by atoms with Crippen molar-refractivity contribution in [2.24, 2.45) is 5.84 Å². The van der Waals surface area contributed by atoms with E-state index in [1.807, 2.05) is 0 Å². The minimum atomic E-state index is -0.308. The van der Waals surface area contributed by atoms with E-state index in [1.165, 1.54) is 45.0 Å². The van der Waals surface area contributed by atoms with Crippen LogP contribution in [0, 0.1) is 0 Å². The Bertz CT molecular complexity index is 482. The van der Waals surface area contributed by atoms with E-state index < -0.39 is 0 Å². The molecule has 0 aromatic carbocycles. The van der Waals surface area contributed by atoms with Crippen molar-refractivity contribution in [3.8, 4) is 0 Å². The van der Waals surface area contributed by atoms with Crippen LogP contribution >= 0.6 is 0 Å². The average Bonchev–Trinajstić information content (AvgIpc) is 3.17. The van der Waals surface area contributed by atoms with Gasteiger partial charge in [-0.15, -0.1) is 0 Å². The first-order valence-electron chi connectivity index (χ1n) is 7.81. The zero-order chi connectivity index (χ0) is 14.7. The van der Waals surface area contributed by atoms with Gasteiger partial charge in [-0.3, -0.25) is 20.0 Å². The first-order valence-corrected chi connectivity index (χ1v) is 7.81. The summed E-state index contributed by atoms with van der Waals surface area (Å²) >= 11 is 0. The van der Waals surface area contributed by atoms with Gasteiger partial charge in [0, 0.05) is 19.1 Å². The number of rotatable bonds is 4. The maximum absolute atomic E-state index is 11.4. The molecule has 1 atom stereocenters. The number of carbonyl (C=O) groups excluding carboxylic acids is 1. The summed E-state index contributed by atoms with van der Waals surface area (Å²) in [5.74, 6) is 5.64. The highest BCUT2D eigenvalue weighted by molar-refractivity contribution is 5.93. The topological polar surface area (TPSA) is 74.7 Å². The monoisotopic (exact) mass is 292 g/mol. The molecule has 0 spiro atoms. The molecule has 1 amide bonds. The maximum Gasteiger partial charge on any atom is 0.268 e. The summed E-state index contributed by atoms with van der Waals surface area (Å²) in [4.78, 5) is 16.4. The molecule has 1 unspecified atom stereocenters. The van der Waals surface area contributed by atoms with E-state index in [1.54, 1.807) is 6.07 Å². The van der Waals surface area contributed by atoms with Gasteiger partial charge in [0.05, 0.1) is 12.1 Å². The van der Waals surface area contributed by atoms with Crippen molar-refractivity contribution in [3.05, 3.63) is 23.7 Å². The van der Waals surface area contributed by atoms with Gasteiger partial charge in [0.25, 0.3) is 5.91 Å². The second-order valence-electron chi connectivity index (χ2n) is 6.05. The van der Waals surface area contributed by atoms with E-state index in [4.69, 9.17) is 10.3 Å². The van der Waals surface area contributed by atoms with Crippen LogP contribution in [0.15, 0.2) is 16.7 Å². The van der Waals surface area contributed by atoms with Crippen LogP contribution in [0.2, 0.25) is 0 Å². The van der Waals surface area contributed by atoms with Crippen LogP contribution < -0.4 is 11.3 Å². The molecule has 2 aliphatic heterocycles. The van der Waals surface area contributed by atoms with Gasteiger partial charge in [-0.1, -0.05) is 6.42 Å². The minimum Gasteiger partial charge on any atom is -0.467 e. The highest BCUT2D eigenvalue weighted by atomic mass is 16.3. The van der Waals surface area contributed by atoms with Crippen LogP contribution in [0.25, 0.3) is 0 Å². The van der Waals surface area contributed by atoms with Crippen molar-refractivity contribution in [3.63, 3.8) is 0 Å². The number of hydrazine groups is 1. The summed E-state index contributed by atoms with van der Waals surface area (Å²) in [7, 11) is 0. The zero-order valence-corrected chi connectivity index (χ0v) is 12.4. The molecule has 3 rings (SSSR count). The van der Waals surface area contributed by atoms with Gasteiger partial charge >= 0.3 is 0 Å². The third-order valence-electron chi connectivity index (χ3n) is 4.58. The SMILES string of the molecule is NNC(=O)c1coc(CN2CCC(N3CCCCC3)C2)c1. The average molecular weight is 292 g/mol. The first-order chi connectivity index (χ1) is 10.3. The van der Waals surface area contributed by atoms with E-state index in [0.29, 0.717) is 11.6 Å². The number of likely N-dealkylation sites (tertiary alicyclic amines) is 2. The molecule has 116 valence electrons. The molecule has 6 nitrogen and oxygen atoms in total. The Morgan fingerprint density at radius 3 is 2.90 bits per heavy atom. The minimum absolute atomic E-state index is 0.308. The quantitative estimate of drug-likeness (QED) is 0.491. The van der Waals surface area contributed by atoms with Gasteiger partial charge in [-0.05, 0) is 38.4 Å². The normalized spacial score (nSPS) is 24.3. The van der Waals surface area contributed by atoms with Gasteiger partial charge in [0.2, 0.25) is 0 Å². The van der Waals surface area contributed by atoms with E-state index >= 15 is 0 Å². The lowest BCUT2D eigenvalue weighted by Gasteiger charge is -2.32. The number of nitrogen functional groups attached to an aromatic ring is 1. The molecular weight excluding hydrogens is 268 g/mol. The fourth-order valence-corrected chi connectivity index (χ4v) is 3.42. The van der Waals surface area contributed by atoms with Gasteiger partial charge < -0.3 is 4.42 Å². The predicted octanol–water partition coefficient (Wildman–Crippen LogP) is 0.943. The van der Waals surface area contributed by atoms with Crippen molar-refractivity contribution in [2.45, 2.75) is 38.3 Å². The Morgan fingerprint density at radius 1 is 1.33 bits per heavy atom. The van der Waals surface area contributed by atoms with Crippen molar-refractivity contribution < 1.29 is 9.21 Å². The summed E-state index contributed by atoms with van der Waals surface area (Å²) in [5.41, 5.74) is 2.60. The number of piperidine rings is 1. The lowest BCUT2D eigenvalue weighted by molar-refractivity contribution is 0.0953. The van der Waals surface area contributed by atoms with Gasteiger partial charge in [0.1, 0.15) is 12.0 Å². The molecule has 0 saturated carbocycles. The van der Waals surface area contributed by atoms with E-state index in [-0.39, 0.29) is 5.91 Å². The molecule has 3 heterocycles. The number of amides is 1. The van der Waals surface area contributed by atoms with E-state index in [0.717, 1.165) is 25.4 Å². The first kappa shape index (κ1) is 14.6. The van der Waals surface area contributed by atoms with Crippen LogP contribution in [0.5, 0.6) is 0 Å². The third kappa shape index (κ3) is 3.45. The van der Waals surface area contributed by atoms with Gasteiger partial charge in [0.15, 0.2) is 0 Å². The number of nitrogens with two attached hydrogens (primary N) is 1. The maximum atomic E-state index is 11.4.